The first-order valence-electron chi connectivity index (χ1n) is 9.46. The minimum absolute atomic E-state index is 0.199. The Morgan fingerprint density at radius 3 is 2.83 bits per heavy atom. The van der Waals surface area contributed by atoms with Gasteiger partial charge in [0.2, 0.25) is 0 Å². The Morgan fingerprint density at radius 1 is 1.37 bits per heavy atom. The molecule has 3 aromatic rings. The number of aromatic nitrogens is 3. The van der Waals surface area contributed by atoms with Crippen LogP contribution in [0, 0.1) is 23.1 Å². The lowest BCUT2D eigenvalue weighted by Crippen LogP contribution is -2.41. The smallest absolute Gasteiger partial charge is 0.254 e. The fourth-order valence-electron chi connectivity index (χ4n) is 3.61. The second-order valence-electron chi connectivity index (χ2n) is 7.19. The Bertz CT molecular complexity index is 1060. The van der Waals surface area contributed by atoms with Crippen LogP contribution in [-0.4, -0.2) is 38.8 Å². The van der Waals surface area contributed by atoms with Crippen LogP contribution in [-0.2, 0) is 6.54 Å². The summed E-state index contributed by atoms with van der Waals surface area (Å²) in [5, 5.41) is 21.1. The number of carbonyl (C=O) groups excluding carboxylic acids is 1. The van der Waals surface area contributed by atoms with Crippen molar-refractivity contribution >= 4 is 17.4 Å². The van der Waals surface area contributed by atoms with Gasteiger partial charge in [0.1, 0.15) is 17.6 Å². The van der Waals surface area contributed by atoms with Gasteiger partial charge in [-0.1, -0.05) is 5.16 Å². The van der Waals surface area contributed by atoms with Crippen LogP contribution in [0.3, 0.4) is 0 Å². The molecule has 154 valence electrons. The Kier molecular flexibility index (Phi) is 5.45. The van der Waals surface area contributed by atoms with Crippen molar-refractivity contribution in [3.05, 3.63) is 59.9 Å². The Balaban J connectivity index is 1.59. The molecule has 9 nitrogen and oxygen atoms in total. The molecule has 2 atom stereocenters. The standard InChI is InChI=1S/C20H20FN7O2/c21-14-1-3-15(4-2-14)24-20-17(19(23)29)11-28(25-20)18-12-27(7-5-13(18)9-22)10-16-6-8-30-26-16/h1-4,6,8,11,13,18H,5,7,10,12H2,(H2,23,29)(H,24,25). The number of anilines is 2. The molecule has 1 aliphatic rings. The van der Waals surface area contributed by atoms with Crippen molar-refractivity contribution in [1.82, 2.24) is 19.8 Å². The van der Waals surface area contributed by atoms with Crippen LogP contribution in [0.25, 0.3) is 0 Å². The number of nitrogens with one attached hydrogen (secondary N) is 1. The molecule has 0 aliphatic carbocycles. The first kappa shape index (κ1) is 19.6. The van der Waals surface area contributed by atoms with Gasteiger partial charge in [-0.3, -0.25) is 14.4 Å². The number of benzene rings is 1. The zero-order valence-electron chi connectivity index (χ0n) is 16.0. The maximum Gasteiger partial charge on any atom is 0.254 e. The number of carbonyl (C=O) groups is 1. The summed E-state index contributed by atoms with van der Waals surface area (Å²) < 4.78 is 19.7. The number of piperidine rings is 1. The molecule has 3 N–H and O–H groups in total. The monoisotopic (exact) mass is 409 g/mol. The molecular weight excluding hydrogens is 389 g/mol. The average molecular weight is 409 g/mol. The van der Waals surface area contributed by atoms with Crippen molar-refractivity contribution in [2.75, 3.05) is 18.4 Å². The van der Waals surface area contributed by atoms with E-state index in [1.807, 2.05) is 0 Å². The van der Waals surface area contributed by atoms with Gasteiger partial charge < -0.3 is 15.6 Å². The number of primary amides is 1. The number of rotatable bonds is 6. The summed E-state index contributed by atoms with van der Waals surface area (Å²) in [6, 6.07) is 9.57. The Labute approximate surface area is 171 Å². The van der Waals surface area contributed by atoms with Gasteiger partial charge in [0.25, 0.3) is 5.91 Å². The summed E-state index contributed by atoms with van der Waals surface area (Å²) in [7, 11) is 0. The molecule has 1 aliphatic heterocycles. The molecule has 10 heteroatoms. The highest BCUT2D eigenvalue weighted by Gasteiger charge is 2.32. The maximum absolute atomic E-state index is 13.2. The van der Waals surface area contributed by atoms with Crippen LogP contribution in [0.5, 0.6) is 0 Å². The van der Waals surface area contributed by atoms with Crippen molar-refractivity contribution in [3.63, 3.8) is 0 Å². The molecule has 2 unspecified atom stereocenters. The molecule has 3 heterocycles. The highest BCUT2D eigenvalue weighted by molar-refractivity contribution is 5.98. The molecular formula is C20H20FN7O2. The largest absolute Gasteiger partial charge is 0.365 e. The van der Waals surface area contributed by atoms with Crippen molar-refractivity contribution in [3.8, 4) is 6.07 Å². The molecule has 30 heavy (non-hydrogen) atoms. The molecule has 1 amide bonds. The summed E-state index contributed by atoms with van der Waals surface area (Å²) in [6.07, 6.45) is 3.74. The molecule has 1 aromatic carbocycles. The molecule has 2 aromatic heterocycles. The van der Waals surface area contributed by atoms with E-state index in [0.717, 1.165) is 12.2 Å². The van der Waals surface area contributed by atoms with Crippen LogP contribution in [0.2, 0.25) is 0 Å². The lowest BCUT2D eigenvalue weighted by Gasteiger charge is -2.35. The van der Waals surface area contributed by atoms with Gasteiger partial charge in [0, 0.05) is 31.0 Å². The van der Waals surface area contributed by atoms with E-state index in [1.54, 1.807) is 16.9 Å². The number of amides is 1. The predicted molar refractivity (Wildman–Crippen MR) is 105 cm³/mol. The van der Waals surface area contributed by atoms with Gasteiger partial charge in [0.05, 0.1) is 23.7 Å². The first-order chi connectivity index (χ1) is 14.5. The third-order valence-corrected chi connectivity index (χ3v) is 5.15. The van der Waals surface area contributed by atoms with Gasteiger partial charge in [0.15, 0.2) is 5.82 Å². The molecule has 1 fully saturated rings. The Hall–Kier alpha value is -3.71. The van der Waals surface area contributed by atoms with Crippen molar-refractivity contribution in [2.24, 2.45) is 11.7 Å². The third kappa shape index (κ3) is 4.16. The second kappa shape index (κ2) is 8.34. The number of nitrogens with zero attached hydrogens (tertiary/aromatic N) is 5. The van der Waals surface area contributed by atoms with E-state index in [0.29, 0.717) is 25.2 Å². The fourth-order valence-corrected chi connectivity index (χ4v) is 3.61. The van der Waals surface area contributed by atoms with Crippen molar-refractivity contribution in [2.45, 2.75) is 19.0 Å². The molecule has 4 rings (SSSR count). The van der Waals surface area contributed by atoms with E-state index < -0.39 is 5.91 Å². The highest BCUT2D eigenvalue weighted by atomic mass is 19.1. The molecule has 0 spiro atoms. The fraction of sp³-hybridized carbons (Fsp3) is 0.300. The molecule has 0 radical (unpaired) electrons. The number of nitrogens with two attached hydrogens (primary N) is 1. The van der Waals surface area contributed by atoms with E-state index in [2.05, 4.69) is 26.5 Å². The normalized spacial score (nSPS) is 19.3. The summed E-state index contributed by atoms with van der Waals surface area (Å²) in [6.45, 7) is 1.89. The quantitative estimate of drug-likeness (QED) is 0.640. The van der Waals surface area contributed by atoms with E-state index in [1.165, 1.54) is 30.5 Å². The van der Waals surface area contributed by atoms with Crippen LogP contribution < -0.4 is 11.1 Å². The van der Waals surface area contributed by atoms with Crippen LogP contribution >= 0.6 is 0 Å². The van der Waals surface area contributed by atoms with Crippen LogP contribution in [0.15, 0.2) is 47.3 Å². The summed E-state index contributed by atoms with van der Waals surface area (Å²) in [4.78, 5) is 14.1. The van der Waals surface area contributed by atoms with E-state index in [-0.39, 0.29) is 29.2 Å². The summed E-state index contributed by atoms with van der Waals surface area (Å²) in [5.41, 5.74) is 7.11. The highest BCUT2D eigenvalue weighted by Crippen LogP contribution is 2.30. The lowest BCUT2D eigenvalue weighted by atomic mass is 9.93. The van der Waals surface area contributed by atoms with E-state index in [9.17, 15) is 14.4 Å². The van der Waals surface area contributed by atoms with Crippen molar-refractivity contribution in [1.29, 1.82) is 5.26 Å². The zero-order valence-corrected chi connectivity index (χ0v) is 16.0. The van der Waals surface area contributed by atoms with Gasteiger partial charge in [-0.05, 0) is 37.2 Å². The molecule has 0 saturated carbocycles. The Morgan fingerprint density at radius 2 is 2.17 bits per heavy atom. The summed E-state index contributed by atoms with van der Waals surface area (Å²) >= 11 is 0. The minimum atomic E-state index is -0.644. The number of likely N-dealkylation sites (tertiary alicyclic amines) is 1. The predicted octanol–water partition coefficient (Wildman–Crippen LogP) is 2.44. The minimum Gasteiger partial charge on any atom is -0.365 e. The second-order valence-corrected chi connectivity index (χ2v) is 7.19. The lowest BCUT2D eigenvalue weighted by molar-refractivity contribution is 0.1000. The average Bonchev–Trinajstić information content (AvgIpc) is 3.40. The maximum atomic E-state index is 13.2. The molecule has 1 saturated heterocycles. The van der Waals surface area contributed by atoms with Crippen LogP contribution in [0.1, 0.15) is 28.5 Å². The first-order valence-corrected chi connectivity index (χ1v) is 9.46. The number of halogens is 1. The number of hydrogen-bond donors (Lipinski definition) is 2. The van der Waals surface area contributed by atoms with E-state index >= 15 is 0 Å². The van der Waals surface area contributed by atoms with Gasteiger partial charge >= 0.3 is 0 Å². The topological polar surface area (TPSA) is 126 Å². The van der Waals surface area contributed by atoms with Crippen molar-refractivity contribution < 1.29 is 13.7 Å². The van der Waals surface area contributed by atoms with E-state index in [4.69, 9.17) is 10.3 Å². The van der Waals surface area contributed by atoms with Gasteiger partial charge in [-0.25, -0.2) is 4.39 Å². The molecule has 0 bridgehead atoms. The number of hydrogen-bond acceptors (Lipinski definition) is 7. The zero-order chi connectivity index (χ0) is 21.1. The summed E-state index contributed by atoms with van der Waals surface area (Å²) in [5.74, 6) is -1.01. The van der Waals surface area contributed by atoms with Gasteiger partial charge in [-0.15, -0.1) is 0 Å². The number of nitriles is 1. The SMILES string of the molecule is N#CC1CCN(Cc2ccon2)CC1n1cc(C(N)=O)c(Nc2ccc(F)cc2)n1. The van der Waals surface area contributed by atoms with Crippen LogP contribution in [0.4, 0.5) is 15.9 Å². The van der Waals surface area contributed by atoms with Gasteiger partial charge in [-0.2, -0.15) is 10.4 Å². The third-order valence-electron chi connectivity index (χ3n) is 5.15.